The van der Waals surface area contributed by atoms with Crippen molar-refractivity contribution in [2.24, 2.45) is 0 Å². The van der Waals surface area contributed by atoms with Crippen LogP contribution in [0, 0.1) is 0 Å². The number of thioether (sulfide) groups is 1. The van der Waals surface area contributed by atoms with Crippen molar-refractivity contribution in [3.63, 3.8) is 0 Å². The van der Waals surface area contributed by atoms with E-state index in [1.54, 1.807) is 11.8 Å². The van der Waals surface area contributed by atoms with Crippen molar-refractivity contribution in [3.05, 3.63) is 16.5 Å². The lowest BCUT2D eigenvalue weighted by atomic mass is 10.2. The molecule has 104 valence electrons. The largest absolute Gasteiger partial charge is 0.317 e. The minimum Gasteiger partial charge on any atom is -0.317 e. The Morgan fingerprint density at radius 1 is 1.42 bits per heavy atom. The van der Waals surface area contributed by atoms with Crippen LogP contribution in [-0.4, -0.2) is 40.0 Å². The summed E-state index contributed by atoms with van der Waals surface area (Å²) < 4.78 is 0. The molecule has 1 fully saturated rings. The van der Waals surface area contributed by atoms with Crippen molar-refractivity contribution in [2.75, 3.05) is 24.2 Å². The first-order chi connectivity index (χ1) is 9.16. The quantitative estimate of drug-likeness (QED) is 0.832. The van der Waals surface area contributed by atoms with Crippen molar-refractivity contribution in [2.45, 2.75) is 18.1 Å². The third-order valence-corrected chi connectivity index (χ3v) is 4.85. The number of hydrogen-bond donors (Lipinski definition) is 2. The second-order valence-corrected chi connectivity index (χ2v) is 6.16. The molecule has 8 heteroatoms. The zero-order chi connectivity index (χ0) is 13.7. The highest BCUT2D eigenvalue weighted by molar-refractivity contribution is 8.00. The third-order valence-electron chi connectivity index (χ3n) is 2.74. The number of carbonyl (C=O) groups excluding carboxylic acids is 1. The van der Waals surface area contributed by atoms with Crippen LogP contribution in [-0.2, 0) is 4.79 Å². The Morgan fingerprint density at radius 2 is 2.16 bits per heavy atom. The molecule has 0 spiro atoms. The number of halogens is 2. The fourth-order valence-electron chi connectivity index (χ4n) is 1.76. The van der Waals surface area contributed by atoms with Gasteiger partial charge in [0.25, 0.3) is 0 Å². The van der Waals surface area contributed by atoms with Gasteiger partial charge in [0.05, 0.1) is 5.75 Å². The van der Waals surface area contributed by atoms with Gasteiger partial charge in [-0.05, 0) is 25.9 Å². The van der Waals surface area contributed by atoms with Gasteiger partial charge >= 0.3 is 0 Å². The van der Waals surface area contributed by atoms with Gasteiger partial charge in [0, 0.05) is 5.25 Å². The standard InChI is InChI=1S/C11H14Cl2N4OS/c12-9-10(13)15-6-16-11(9)17-8(18)5-19-7-1-3-14-4-2-7/h6-7,14H,1-5H2,(H,15,16,17,18). The molecule has 1 aromatic rings. The molecule has 0 radical (unpaired) electrons. The van der Waals surface area contributed by atoms with Crippen LogP contribution in [0.1, 0.15) is 12.8 Å². The zero-order valence-electron chi connectivity index (χ0n) is 10.2. The fourth-order valence-corrected chi connectivity index (χ4v) is 3.07. The topological polar surface area (TPSA) is 66.9 Å². The summed E-state index contributed by atoms with van der Waals surface area (Å²) in [6.07, 6.45) is 3.46. The highest BCUT2D eigenvalue weighted by atomic mass is 35.5. The molecule has 1 aliphatic rings. The summed E-state index contributed by atoms with van der Waals surface area (Å²) in [5.74, 6) is 0.528. The first-order valence-corrected chi connectivity index (χ1v) is 7.75. The molecule has 1 aromatic heterocycles. The fraction of sp³-hybridized carbons (Fsp3) is 0.545. The molecule has 0 aliphatic carbocycles. The number of nitrogens with one attached hydrogen (secondary N) is 2. The normalized spacial score (nSPS) is 16.3. The molecule has 0 aromatic carbocycles. The van der Waals surface area contributed by atoms with E-state index in [2.05, 4.69) is 20.6 Å². The van der Waals surface area contributed by atoms with Gasteiger partial charge in [-0.2, -0.15) is 0 Å². The number of piperidine rings is 1. The molecule has 1 aliphatic heterocycles. The Bertz CT molecular complexity index is 454. The molecule has 2 heterocycles. The summed E-state index contributed by atoms with van der Waals surface area (Å²) in [7, 11) is 0. The number of aromatic nitrogens is 2. The van der Waals surface area contributed by atoms with Crippen LogP contribution in [0.4, 0.5) is 5.82 Å². The van der Waals surface area contributed by atoms with Crippen LogP contribution in [0.2, 0.25) is 10.2 Å². The van der Waals surface area contributed by atoms with Crippen LogP contribution < -0.4 is 10.6 Å². The van der Waals surface area contributed by atoms with E-state index >= 15 is 0 Å². The number of amides is 1. The van der Waals surface area contributed by atoms with Crippen LogP contribution in [0.15, 0.2) is 6.33 Å². The number of nitrogens with zero attached hydrogens (tertiary/aromatic N) is 2. The summed E-state index contributed by atoms with van der Waals surface area (Å²) in [6.45, 7) is 2.04. The van der Waals surface area contributed by atoms with Gasteiger partial charge in [0.15, 0.2) is 11.0 Å². The number of rotatable bonds is 4. The first-order valence-electron chi connectivity index (χ1n) is 5.95. The molecule has 0 unspecified atom stereocenters. The molecule has 1 saturated heterocycles. The maximum atomic E-state index is 11.8. The van der Waals surface area contributed by atoms with E-state index in [1.807, 2.05) is 0 Å². The first kappa shape index (κ1) is 14.8. The van der Waals surface area contributed by atoms with Gasteiger partial charge in [-0.25, -0.2) is 9.97 Å². The predicted molar refractivity (Wildman–Crippen MR) is 79.0 cm³/mol. The van der Waals surface area contributed by atoms with E-state index in [4.69, 9.17) is 23.2 Å². The van der Waals surface area contributed by atoms with Gasteiger partial charge < -0.3 is 10.6 Å². The lowest BCUT2D eigenvalue weighted by molar-refractivity contribution is -0.113. The number of anilines is 1. The third kappa shape index (κ3) is 4.49. The Morgan fingerprint density at radius 3 is 2.89 bits per heavy atom. The van der Waals surface area contributed by atoms with Gasteiger partial charge in [-0.1, -0.05) is 23.2 Å². The van der Waals surface area contributed by atoms with Crippen molar-refractivity contribution < 1.29 is 4.79 Å². The molecular weight excluding hydrogens is 307 g/mol. The van der Waals surface area contributed by atoms with E-state index in [1.165, 1.54) is 6.33 Å². The van der Waals surface area contributed by atoms with Gasteiger partial charge in [0.2, 0.25) is 5.91 Å². The Hall–Kier alpha value is -0.560. The minimum absolute atomic E-state index is 0.125. The molecule has 0 bridgehead atoms. The molecule has 2 rings (SSSR count). The molecular formula is C11H14Cl2N4OS. The van der Waals surface area contributed by atoms with E-state index in [9.17, 15) is 4.79 Å². The van der Waals surface area contributed by atoms with Gasteiger partial charge in [-0.15, -0.1) is 11.8 Å². The van der Waals surface area contributed by atoms with E-state index in [-0.39, 0.29) is 21.9 Å². The summed E-state index contributed by atoms with van der Waals surface area (Å²) in [5.41, 5.74) is 0. The van der Waals surface area contributed by atoms with E-state index in [0.717, 1.165) is 25.9 Å². The van der Waals surface area contributed by atoms with E-state index in [0.29, 0.717) is 11.0 Å². The van der Waals surface area contributed by atoms with Crippen molar-refractivity contribution in [3.8, 4) is 0 Å². The second-order valence-electron chi connectivity index (χ2n) is 4.14. The molecule has 1 amide bonds. The monoisotopic (exact) mass is 320 g/mol. The summed E-state index contributed by atoms with van der Waals surface area (Å²) in [4.78, 5) is 19.4. The molecule has 0 atom stereocenters. The maximum absolute atomic E-state index is 11.8. The van der Waals surface area contributed by atoms with Crippen molar-refractivity contribution >= 4 is 46.7 Å². The molecule has 0 saturated carbocycles. The molecule has 5 nitrogen and oxygen atoms in total. The lowest BCUT2D eigenvalue weighted by Crippen LogP contribution is -2.30. The van der Waals surface area contributed by atoms with Gasteiger partial charge in [-0.3, -0.25) is 4.79 Å². The maximum Gasteiger partial charge on any atom is 0.235 e. The predicted octanol–water partition coefficient (Wildman–Crippen LogP) is 2.21. The molecule has 2 N–H and O–H groups in total. The van der Waals surface area contributed by atoms with Crippen LogP contribution in [0.5, 0.6) is 0 Å². The highest BCUT2D eigenvalue weighted by Gasteiger charge is 2.16. The SMILES string of the molecule is O=C(CSC1CCNCC1)Nc1ncnc(Cl)c1Cl. The van der Waals surface area contributed by atoms with Crippen LogP contribution in [0.25, 0.3) is 0 Å². The van der Waals surface area contributed by atoms with Crippen LogP contribution >= 0.6 is 35.0 Å². The zero-order valence-corrected chi connectivity index (χ0v) is 12.5. The summed E-state index contributed by atoms with van der Waals surface area (Å²) in [6, 6.07) is 0. The smallest absolute Gasteiger partial charge is 0.235 e. The van der Waals surface area contributed by atoms with Crippen molar-refractivity contribution in [1.29, 1.82) is 0 Å². The number of carbonyl (C=O) groups is 1. The summed E-state index contributed by atoms with van der Waals surface area (Å²) >= 11 is 13.3. The van der Waals surface area contributed by atoms with Crippen LogP contribution in [0.3, 0.4) is 0 Å². The summed E-state index contributed by atoms with van der Waals surface area (Å²) in [5, 5.41) is 6.79. The highest BCUT2D eigenvalue weighted by Crippen LogP contribution is 2.26. The Labute approximate surface area is 125 Å². The van der Waals surface area contributed by atoms with Gasteiger partial charge in [0.1, 0.15) is 11.3 Å². The molecule has 19 heavy (non-hydrogen) atoms. The average molecular weight is 321 g/mol. The number of hydrogen-bond acceptors (Lipinski definition) is 5. The van der Waals surface area contributed by atoms with E-state index < -0.39 is 0 Å². The minimum atomic E-state index is -0.125. The second kappa shape index (κ2) is 7.28. The average Bonchev–Trinajstić information content (AvgIpc) is 2.43. The Balaban J connectivity index is 1.82. The van der Waals surface area contributed by atoms with Crippen molar-refractivity contribution in [1.82, 2.24) is 15.3 Å². The lowest BCUT2D eigenvalue weighted by Gasteiger charge is -2.21. The Kier molecular flexibility index (Phi) is 5.69.